The van der Waals surface area contributed by atoms with Crippen molar-refractivity contribution in [2.24, 2.45) is 0 Å². The topological polar surface area (TPSA) is 31.2 Å². The summed E-state index contributed by atoms with van der Waals surface area (Å²) >= 11 is 3.48. The number of benzene rings is 2. The molecule has 1 aromatic heterocycles. The number of rotatable bonds is 3. The maximum absolute atomic E-state index is 11.8. The molecule has 3 rings (SSSR count). The largest absolute Gasteiger partial charge is 0.465 e. The van der Waals surface area contributed by atoms with E-state index in [4.69, 9.17) is 4.74 Å². The van der Waals surface area contributed by atoms with Crippen molar-refractivity contribution >= 4 is 32.8 Å². The number of hydrogen-bond donors (Lipinski definition) is 0. The van der Waals surface area contributed by atoms with Gasteiger partial charge in [-0.2, -0.15) is 0 Å². The van der Waals surface area contributed by atoms with E-state index in [1.165, 1.54) is 12.5 Å². The number of aromatic nitrogens is 1. The zero-order chi connectivity index (χ0) is 14.8. The Morgan fingerprint density at radius 1 is 1.19 bits per heavy atom. The molecule has 21 heavy (non-hydrogen) atoms. The first kappa shape index (κ1) is 13.9. The lowest BCUT2D eigenvalue weighted by atomic mass is 10.1. The van der Waals surface area contributed by atoms with Gasteiger partial charge in [0.2, 0.25) is 0 Å². The molecule has 0 bridgehead atoms. The van der Waals surface area contributed by atoms with Crippen molar-refractivity contribution in [3.8, 4) is 0 Å². The summed E-state index contributed by atoms with van der Waals surface area (Å²) in [5.74, 6) is -0.301. The highest BCUT2D eigenvalue weighted by atomic mass is 79.9. The monoisotopic (exact) mass is 343 g/mol. The molecule has 4 heteroatoms. The molecule has 0 radical (unpaired) electrons. The van der Waals surface area contributed by atoms with Gasteiger partial charge >= 0.3 is 5.97 Å². The van der Waals surface area contributed by atoms with Gasteiger partial charge in [-0.05, 0) is 35.9 Å². The fraction of sp³-hybridized carbons (Fsp3) is 0.118. The standard InChI is InChI=1S/C17H14BrNO2/c1-21-17(20)15-5-3-2-4-13(15)11-19-9-8-12-10-14(18)6-7-16(12)19/h2-10H,11H2,1H3. The molecule has 106 valence electrons. The Kier molecular flexibility index (Phi) is 3.80. The summed E-state index contributed by atoms with van der Waals surface area (Å²) < 4.78 is 8.03. The molecule has 0 N–H and O–H groups in total. The van der Waals surface area contributed by atoms with Crippen LogP contribution in [0.25, 0.3) is 10.9 Å². The van der Waals surface area contributed by atoms with Gasteiger partial charge < -0.3 is 9.30 Å². The van der Waals surface area contributed by atoms with E-state index in [0.717, 1.165) is 15.6 Å². The van der Waals surface area contributed by atoms with Gasteiger partial charge in [-0.1, -0.05) is 34.1 Å². The van der Waals surface area contributed by atoms with Crippen LogP contribution >= 0.6 is 15.9 Å². The SMILES string of the molecule is COC(=O)c1ccccc1Cn1ccc2cc(Br)ccc21. The van der Waals surface area contributed by atoms with Crippen LogP contribution in [-0.4, -0.2) is 17.6 Å². The molecule has 0 aliphatic carbocycles. The molecule has 0 unspecified atom stereocenters. The zero-order valence-corrected chi connectivity index (χ0v) is 13.1. The second-order valence-electron chi connectivity index (χ2n) is 4.80. The number of carbonyl (C=O) groups is 1. The molecule has 3 aromatic rings. The summed E-state index contributed by atoms with van der Waals surface area (Å²) in [5, 5.41) is 1.17. The maximum Gasteiger partial charge on any atom is 0.338 e. The first-order valence-corrected chi connectivity index (χ1v) is 7.39. The number of methoxy groups -OCH3 is 1. The second kappa shape index (κ2) is 5.74. The Bertz CT molecular complexity index is 807. The highest BCUT2D eigenvalue weighted by molar-refractivity contribution is 9.10. The van der Waals surface area contributed by atoms with Crippen LogP contribution in [0.3, 0.4) is 0 Å². The second-order valence-corrected chi connectivity index (χ2v) is 5.71. The van der Waals surface area contributed by atoms with Crippen LogP contribution in [-0.2, 0) is 11.3 Å². The maximum atomic E-state index is 11.8. The third kappa shape index (κ3) is 2.72. The predicted molar refractivity (Wildman–Crippen MR) is 86.5 cm³/mol. The minimum Gasteiger partial charge on any atom is -0.465 e. The Morgan fingerprint density at radius 3 is 2.81 bits per heavy atom. The number of halogens is 1. The number of carbonyl (C=O) groups excluding carboxylic acids is 1. The minimum absolute atomic E-state index is 0.301. The van der Waals surface area contributed by atoms with Gasteiger partial charge in [0.05, 0.1) is 12.7 Å². The van der Waals surface area contributed by atoms with Crippen molar-refractivity contribution in [2.45, 2.75) is 6.54 Å². The summed E-state index contributed by atoms with van der Waals surface area (Å²) in [5.41, 5.74) is 2.70. The molecule has 0 fully saturated rings. The van der Waals surface area contributed by atoms with Crippen LogP contribution in [0.5, 0.6) is 0 Å². The quantitative estimate of drug-likeness (QED) is 0.666. The van der Waals surface area contributed by atoms with Gasteiger partial charge in [0.25, 0.3) is 0 Å². The molecule has 0 aliphatic heterocycles. The Morgan fingerprint density at radius 2 is 2.00 bits per heavy atom. The van der Waals surface area contributed by atoms with Crippen molar-refractivity contribution in [1.29, 1.82) is 0 Å². The number of ether oxygens (including phenoxy) is 1. The fourth-order valence-electron chi connectivity index (χ4n) is 2.46. The van der Waals surface area contributed by atoms with Gasteiger partial charge in [0.15, 0.2) is 0 Å². The van der Waals surface area contributed by atoms with E-state index in [-0.39, 0.29) is 5.97 Å². The number of fused-ring (bicyclic) bond motifs is 1. The molecule has 0 aliphatic rings. The normalized spacial score (nSPS) is 10.8. The zero-order valence-electron chi connectivity index (χ0n) is 11.5. The number of hydrogen-bond acceptors (Lipinski definition) is 2. The smallest absolute Gasteiger partial charge is 0.338 e. The summed E-state index contributed by atoms with van der Waals surface area (Å²) in [7, 11) is 1.40. The van der Waals surface area contributed by atoms with Crippen molar-refractivity contribution in [2.75, 3.05) is 7.11 Å². The van der Waals surface area contributed by atoms with Crippen molar-refractivity contribution in [3.63, 3.8) is 0 Å². The molecule has 3 nitrogen and oxygen atoms in total. The van der Waals surface area contributed by atoms with Gasteiger partial charge in [-0.3, -0.25) is 0 Å². The van der Waals surface area contributed by atoms with Crippen LogP contribution in [0.2, 0.25) is 0 Å². The van der Waals surface area contributed by atoms with Crippen molar-refractivity contribution in [1.82, 2.24) is 4.57 Å². The molecule has 0 spiro atoms. The number of esters is 1. The first-order valence-electron chi connectivity index (χ1n) is 6.59. The summed E-state index contributed by atoms with van der Waals surface area (Å²) in [6.07, 6.45) is 2.03. The lowest BCUT2D eigenvalue weighted by Crippen LogP contribution is -2.08. The molecule has 0 atom stereocenters. The third-order valence-electron chi connectivity index (χ3n) is 3.50. The van der Waals surface area contributed by atoms with Gasteiger partial charge in [-0.25, -0.2) is 4.79 Å². The first-order chi connectivity index (χ1) is 10.2. The van der Waals surface area contributed by atoms with E-state index in [0.29, 0.717) is 12.1 Å². The summed E-state index contributed by atoms with van der Waals surface area (Å²) in [6.45, 7) is 0.635. The molecule has 2 aromatic carbocycles. The molecule has 0 saturated carbocycles. The molecular formula is C17H14BrNO2. The predicted octanol–water partition coefficient (Wildman–Crippen LogP) is 4.24. The van der Waals surface area contributed by atoms with Gasteiger partial charge in [-0.15, -0.1) is 0 Å². The van der Waals surface area contributed by atoms with E-state index < -0.39 is 0 Å². The molecule has 1 heterocycles. The van der Waals surface area contributed by atoms with Crippen LogP contribution < -0.4 is 0 Å². The van der Waals surface area contributed by atoms with E-state index in [1.54, 1.807) is 6.07 Å². The highest BCUT2D eigenvalue weighted by Gasteiger charge is 2.12. The number of nitrogens with zero attached hydrogens (tertiary/aromatic N) is 1. The fourth-order valence-corrected chi connectivity index (χ4v) is 2.84. The van der Waals surface area contributed by atoms with Crippen molar-refractivity contribution < 1.29 is 9.53 Å². The van der Waals surface area contributed by atoms with Crippen molar-refractivity contribution in [3.05, 3.63) is 70.3 Å². The Hall–Kier alpha value is -2.07. The lowest BCUT2D eigenvalue weighted by Gasteiger charge is -2.10. The minimum atomic E-state index is -0.301. The van der Waals surface area contributed by atoms with Crippen LogP contribution in [0.1, 0.15) is 15.9 Å². The average molecular weight is 344 g/mol. The highest BCUT2D eigenvalue weighted by Crippen LogP contribution is 2.22. The van der Waals surface area contributed by atoms with E-state index in [9.17, 15) is 4.79 Å². The average Bonchev–Trinajstić information content (AvgIpc) is 2.89. The molecule has 0 amide bonds. The lowest BCUT2D eigenvalue weighted by molar-refractivity contribution is 0.0599. The Balaban J connectivity index is 2.01. The van der Waals surface area contributed by atoms with E-state index in [1.807, 2.05) is 30.5 Å². The third-order valence-corrected chi connectivity index (χ3v) is 3.99. The summed E-state index contributed by atoms with van der Waals surface area (Å²) in [4.78, 5) is 11.8. The Labute approximate surface area is 131 Å². The van der Waals surface area contributed by atoms with Crippen LogP contribution in [0.15, 0.2) is 59.2 Å². The molecular weight excluding hydrogens is 330 g/mol. The van der Waals surface area contributed by atoms with E-state index >= 15 is 0 Å². The van der Waals surface area contributed by atoms with Gasteiger partial charge in [0.1, 0.15) is 0 Å². The molecule has 0 saturated heterocycles. The van der Waals surface area contributed by atoms with Gasteiger partial charge in [0, 0.05) is 28.1 Å². The summed E-state index contributed by atoms with van der Waals surface area (Å²) in [6, 6.07) is 15.8. The van der Waals surface area contributed by atoms with Crippen LogP contribution in [0, 0.1) is 0 Å². The van der Waals surface area contributed by atoms with Crippen LogP contribution in [0.4, 0.5) is 0 Å². The van der Waals surface area contributed by atoms with E-state index in [2.05, 4.69) is 38.7 Å².